The molecular weight excluding hydrogens is 740 g/mol. The maximum absolute atomic E-state index is 13.8. The average molecular weight is 797 g/mol. The monoisotopic (exact) mass is 796 g/mol. The molecular formula is C41H56N4O12. The van der Waals surface area contributed by atoms with Gasteiger partial charge in [0, 0.05) is 41.9 Å². The molecule has 2 rings (SSSR count). The molecule has 5 atom stereocenters. The number of carboxylic acid groups (broad SMARTS) is 4. The molecule has 0 aliphatic rings. The summed E-state index contributed by atoms with van der Waals surface area (Å²) < 4.78 is 0. The fraction of sp³-hybridized carbons (Fsp3) is 0.512. The number of imide groups is 3. The van der Waals surface area contributed by atoms with Crippen LogP contribution in [0.15, 0.2) is 36.4 Å². The van der Waals surface area contributed by atoms with E-state index in [9.17, 15) is 58.8 Å². The Hall–Kier alpha value is -5.80. The van der Waals surface area contributed by atoms with Gasteiger partial charge >= 0.3 is 24.2 Å². The Morgan fingerprint density at radius 3 is 1.11 bits per heavy atom. The average Bonchev–Trinajstić information content (AvgIpc) is 3.17. The molecule has 312 valence electrons. The summed E-state index contributed by atoms with van der Waals surface area (Å²) in [7, 11) is 0. The first-order valence-corrected chi connectivity index (χ1v) is 19.1. The van der Waals surface area contributed by atoms with Gasteiger partial charge in [-0.15, -0.1) is 0 Å². The van der Waals surface area contributed by atoms with Crippen LogP contribution in [0.5, 0.6) is 0 Å². The number of amides is 7. The molecule has 2 aromatic carbocycles. The third kappa shape index (κ3) is 13.1. The predicted molar refractivity (Wildman–Crippen MR) is 210 cm³/mol. The highest BCUT2D eigenvalue weighted by molar-refractivity contribution is 6.07. The fourth-order valence-corrected chi connectivity index (χ4v) is 5.77. The number of rotatable bonds is 19. The van der Waals surface area contributed by atoms with Gasteiger partial charge in [-0.2, -0.15) is 0 Å². The van der Waals surface area contributed by atoms with Crippen LogP contribution in [0.25, 0.3) is 0 Å². The van der Waals surface area contributed by atoms with E-state index in [1.807, 2.05) is 20.8 Å². The molecule has 16 nitrogen and oxygen atoms in total. The van der Waals surface area contributed by atoms with E-state index in [-0.39, 0.29) is 77.2 Å². The van der Waals surface area contributed by atoms with Crippen molar-refractivity contribution < 1.29 is 58.8 Å². The largest absolute Gasteiger partial charge is 0.480 e. The van der Waals surface area contributed by atoms with Gasteiger partial charge in [-0.3, -0.25) is 19.2 Å². The Kier molecular flexibility index (Phi) is 17.9. The van der Waals surface area contributed by atoms with E-state index in [0.717, 1.165) is 12.1 Å². The zero-order chi connectivity index (χ0) is 43.3. The number of carboxylic acids is 1. The van der Waals surface area contributed by atoms with Crippen LogP contribution in [-0.4, -0.2) is 109 Å². The van der Waals surface area contributed by atoms with E-state index in [4.69, 9.17) is 0 Å². The Bertz CT molecular complexity index is 1770. The number of nitrogens with zero attached hydrogens (tertiary/aromatic N) is 3. The van der Waals surface area contributed by atoms with Crippen LogP contribution in [0.2, 0.25) is 0 Å². The Morgan fingerprint density at radius 1 is 0.509 bits per heavy atom. The van der Waals surface area contributed by atoms with Crippen LogP contribution in [0, 0.1) is 23.7 Å². The maximum atomic E-state index is 13.8. The van der Waals surface area contributed by atoms with Gasteiger partial charge in [0.2, 0.25) is 0 Å². The Morgan fingerprint density at radius 2 is 0.825 bits per heavy atom. The second-order valence-electron chi connectivity index (χ2n) is 14.8. The number of benzene rings is 2. The molecule has 5 unspecified atom stereocenters. The second-order valence-corrected chi connectivity index (χ2v) is 14.8. The summed E-state index contributed by atoms with van der Waals surface area (Å²) in [5, 5.41) is 42.3. The van der Waals surface area contributed by atoms with Gasteiger partial charge in [-0.25, -0.2) is 33.9 Å². The molecule has 0 aliphatic carbocycles. The Balaban J connectivity index is 2.90. The summed E-state index contributed by atoms with van der Waals surface area (Å²) in [6, 6.07) is 6.26. The first kappa shape index (κ1) is 47.4. The lowest BCUT2D eigenvalue weighted by Gasteiger charge is -2.23. The molecule has 0 fully saturated rings. The van der Waals surface area contributed by atoms with Crippen LogP contribution in [0.3, 0.4) is 0 Å². The zero-order valence-electron chi connectivity index (χ0n) is 33.9. The molecule has 0 aromatic heterocycles. The fourth-order valence-electron chi connectivity index (χ4n) is 5.77. The number of aliphatic carboxylic acids is 1. The lowest BCUT2D eigenvalue weighted by molar-refractivity contribution is -0.140. The van der Waals surface area contributed by atoms with Crippen LogP contribution in [-0.2, 0) is 11.2 Å². The van der Waals surface area contributed by atoms with Crippen molar-refractivity contribution in [3.8, 4) is 0 Å². The van der Waals surface area contributed by atoms with E-state index in [1.54, 1.807) is 34.6 Å². The van der Waals surface area contributed by atoms with E-state index in [2.05, 4.69) is 5.32 Å². The van der Waals surface area contributed by atoms with Crippen molar-refractivity contribution in [3.05, 3.63) is 69.8 Å². The normalized spacial score (nSPS) is 13.6. The summed E-state index contributed by atoms with van der Waals surface area (Å²) >= 11 is 0. The molecule has 0 radical (unpaired) electrons. The third-order valence-corrected chi connectivity index (χ3v) is 10.2. The minimum absolute atomic E-state index is 0.158. The summed E-state index contributed by atoms with van der Waals surface area (Å²) in [5.74, 6) is -6.20. The van der Waals surface area contributed by atoms with E-state index in [1.165, 1.54) is 24.3 Å². The van der Waals surface area contributed by atoms with E-state index >= 15 is 0 Å². The maximum Gasteiger partial charge on any atom is 0.414 e. The first-order valence-electron chi connectivity index (χ1n) is 19.1. The van der Waals surface area contributed by atoms with Gasteiger partial charge in [0.1, 0.15) is 6.04 Å². The quantitative estimate of drug-likeness (QED) is 0.0965. The topological polar surface area (TPSA) is 239 Å². The summed E-state index contributed by atoms with van der Waals surface area (Å²) in [5.41, 5.74) is -0.519. The van der Waals surface area contributed by atoms with Crippen molar-refractivity contribution >= 4 is 47.9 Å². The van der Waals surface area contributed by atoms with Crippen molar-refractivity contribution in [1.29, 1.82) is 0 Å². The minimum Gasteiger partial charge on any atom is -0.480 e. The number of nitrogens with one attached hydrogen (secondary N) is 1. The highest BCUT2D eigenvalue weighted by atomic mass is 16.4. The number of hydrogen-bond donors (Lipinski definition) is 5. The van der Waals surface area contributed by atoms with Gasteiger partial charge in [-0.1, -0.05) is 81.1 Å². The predicted octanol–water partition coefficient (Wildman–Crippen LogP) is 7.01. The Labute approximate surface area is 332 Å². The molecule has 0 heterocycles. The van der Waals surface area contributed by atoms with Crippen LogP contribution >= 0.6 is 0 Å². The third-order valence-electron chi connectivity index (χ3n) is 10.2. The van der Waals surface area contributed by atoms with Gasteiger partial charge < -0.3 is 25.7 Å². The highest BCUT2D eigenvalue weighted by Gasteiger charge is 2.31. The SMILES string of the molecule is CCC(C)CN(C(=O)O)C(=O)c1cc(Cc2cc(C(=O)N(CC(C)CC)C(=O)O)cc(C(=O)N(CC(C)CC)C(=O)O)c2)cc(C(=O)NC(C(=O)O)C(C)CC)c1. The highest BCUT2D eigenvalue weighted by Crippen LogP contribution is 2.23. The zero-order valence-corrected chi connectivity index (χ0v) is 33.9. The summed E-state index contributed by atoms with van der Waals surface area (Å²) in [6.45, 7) is 13.6. The van der Waals surface area contributed by atoms with Crippen molar-refractivity contribution in [3.63, 3.8) is 0 Å². The molecule has 0 bridgehead atoms. The van der Waals surface area contributed by atoms with Crippen LogP contribution in [0.1, 0.15) is 134 Å². The molecule has 5 N–H and O–H groups in total. The molecule has 0 aliphatic heterocycles. The van der Waals surface area contributed by atoms with Crippen molar-refractivity contribution in [2.75, 3.05) is 19.6 Å². The van der Waals surface area contributed by atoms with Gasteiger partial charge in [0.05, 0.1) is 0 Å². The summed E-state index contributed by atoms with van der Waals surface area (Å²) in [6.07, 6.45) is -2.77. The molecule has 0 saturated carbocycles. The summed E-state index contributed by atoms with van der Waals surface area (Å²) in [4.78, 5) is 106. The molecule has 57 heavy (non-hydrogen) atoms. The van der Waals surface area contributed by atoms with E-state index in [0.29, 0.717) is 40.4 Å². The number of hydrogen-bond acceptors (Lipinski definition) is 8. The molecule has 16 heteroatoms. The van der Waals surface area contributed by atoms with E-state index < -0.39 is 59.8 Å². The smallest absolute Gasteiger partial charge is 0.414 e. The van der Waals surface area contributed by atoms with Gasteiger partial charge in [0.25, 0.3) is 23.6 Å². The van der Waals surface area contributed by atoms with Crippen LogP contribution < -0.4 is 5.32 Å². The first-order chi connectivity index (χ1) is 26.7. The number of carbonyl (C=O) groups is 8. The van der Waals surface area contributed by atoms with Gasteiger partial charge in [-0.05, 0) is 77.6 Å². The standard InChI is InChI=1S/C41H56N4O12/c1-9-23(5)20-43(39(52)53)35(47)30-15-27(14-29(18-30)34(46)42-33(38(50)51)26(8)12-4)13-28-16-31(36(48)44(40(54)55)21-24(6)10-2)19-32(17-28)37(49)45(41(56)57)22-25(7)11-3/h14-19,23-26,33H,9-13,20-22H2,1-8H3,(H,42,46)(H,50,51)(H,52,53)(H,54,55)(H,56,57). The van der Waals surface area contributed by atoms with Crippen molar-refractivity contribution in [2.24, 2.45) is 23.7 Å². The molecule has 2 aromatic rings. The lowest BCUT2D eigenvalue weighted by atomic mass is 9.95. The molecule has 0 spiro atoms. The second kappa shape index (κ2) is 21.5. The van der Waals surface area contributed by atoms with Crippen LogP contribution in [0.4, 0.5) is 14.4 Å². The van der Waals surface area contributed by atoms with Gasteiger partial charge in [0.15, 0.2) is 0 Å². The minimum atomic E-state index is -1.54. The lowest BCUT2D eigenvalue weighted by Crippen LogP contribution is -2.45. The van der Waals surface area contributed by atoms with Crippen molar-refractivity contribution in [2.45, 2.75) is 93.5 Å². The number of carbonyl (C=O) groups excluding carboxylic acids is 4. The molecule has 0 saturated heterocycles. The van der Waals surface area contributed by atoms with Crippen molar-refractivity contribution in [1.82, 2.24) is 20.0 Å². The molecule has 7 amide bonds.